The molecule has 1 saturated carbocycles. The van der Waals surface area contributed by atoms with Crippen molar-refractivity contribution in [1.29, 1.82) is 0 Å². The van der Waals surface area contributed by atoms with E-state index in [2.05, 4.69) is 15.1 Å². The lowest BCUT2D eigenvalue weighted by atomic mass is 9.79. The Morgan fingerprint density at radius 1 is 1.20 bits per heavy atom. The first-order valence-corrected chi connectivity index (χ1v) is 9.18. The van der Waals surface area contributed by atoms with Gasteiger partial charge < -0.3 is 9.84 Å². The second-order valence-corrected chi connectivity index (χ2v) is 7.39. The van der Waals surface area contributed by atoms with E-state index in [-0.39, 0.29) is 38.9 Å². The fraction of sp³-hybridized carbons (Fsp3) is 0.235. The van der Waals surface area contributed by atoms with Gasteiger partial charge in [-0.1, -0.05) is 23.2 Å². The van der Waals surface area contributed by atoms with Gasteiger partial charge in [-0.25, -0.2) is 13.6 Å². The molecule has 0 atom stereocenters. The Hall–Kier alpha value is -3.05. The van der Waals surface area contributed by atoms with Crippen molar-refractivity contribution in [3.05, 3.63) is 61.1 Å². The summed E-state index contributed by atoms with van der Waals surface area (Å²) in [5.41, 5.74) is -1.27. The number of aromatic nitrogens is 5. The summed E-state index contributed by atoms with van der Waals surface area (Å²) in [6.45, 7) is 0. The third-order valence-corrected chi connectivity index (χ3v) is 4.95. The van der Waals surface area contributed by atoms with Gasteiger partial charge in [0.15, 0.2) is 11.5 Å². The average molecular weight is 458 g/mol. The van der Waals surface area contributed by atoms with E-state index in [1.807, 2.05) is 4.98 Å². The summed E-state index contributed by atoms with van der Waals surface area (Å²) in [5, 5.41) is 13.5. The minimum atomic E-state index is -2.79. The predicted octanol–water partition coefficient (Wildman–Crippen LogP) is 3.03. The molecule has 3 aromatic rings. The maximum Gasteiger partial charge on any atom is 0.349 e. The number of nitrogens with zero attached hydrogens (tertiary/aromatic N) is 4. The highest BCUT2D eigenvalue weighted by Crippen LogP contribution is 2.50. The molecule has 0 amide bonds. The molecule has 2 aromatic heterocycles. The monoisotopic (exact) mass is 457 g/mol. The van der Waals surface area contributed by atoms with Crippen molar-refractivity contribution in [3.8, 4) is 23.2 Å². The molecule has 0 bridgehead atoms. The SMILES string of the molecule is O=c1cnn(-c2cc(Cl)c(Oc3ncc(O)c(C4CC(F)(F)C4)n3)c(Cl)c2)c(=O)[nH]1. The smallest absolute Gasteiger partial charge is 0.349 e. The quantitative estimate of drug-likeness (QED) is 0.616. The zero-order chi connectivity index (χ0) is 21.6. The van der Waals surface area contributed by atoms with Crippen LogP contribution >= 0.6 is 23.2 Å². The number of aromatic hydroxyl groups is 1. The van der Waals surface area contributed by atoms with Gasteiger partial charge in [0.25, 0.3) is 5.56 Å². The van der Waals surface area contributed by atoms with Gasteiger partial charge in [-0.15, -0.1) is 0 Å². The van der Waals surface area contributed by atoms with Gasteiger partial charge in [0.2, 0.25) is 5.92 Å². The van der Waals surface area contributed by atoms with Crippen LogP contribution in [0.15, 0.2) is 34.1 Å². The Morgan fingerprint density at radius 3 is 2.47 bits per heavy atom. The van der Waals surface area contributed by atoms with E-state index in [9.17, 15) is 23.5 Å². The number of rotatable bonds is 4. The van der Waals surface area contributed by atoms with Crippen LogP contribution in [0.5, 0.6) is 17.5 Å². The normalized spacial score (nSPS) is 15.6. The molecule has 2 heterocycles. The topological polar surface area (TPSA) is 123 Å². The summed E-state index contributed by atoms with van der Waals surface area (Å²) >= 11 is 12.4. The van der Waals surface area contributed by atoms with Crippen molar-refractivity contribution in [1.82, 2.24) is 24.7 Å². The molecule has 2 N–H and O–H groups in total. The number of alkyl halides is 2. The first-order chi connectivity index (χ1) is 14.1. The van der Waals surface area contributed by atoms with E-state index in [0.29, 0.717) is 0 Å². The molecule has 30 heavy (non-hydrogen) atoms. The van der Waals surface area contributed by atoms with Gasteiger partial charge in [-0.3, -0.25) is 9.78 Å². The lowest BCUT2D eigenvalue weighted by Crippen LogP contribution is -2.34. The van der Waals surface area contributed by atoms with E-state index in [1.54, 1.807) is 0 Å². The summed E-state index contributed by atoms with van der Waals surface area (Å²) in [6, 6.07) is 2.36. The van der Waals surface area contributed by atoms with E-state index < -0.39 is 35.9 Å². The van der Waals surface area contributed by atoms with Gasteiger partial charge in [-0.2, -0.15) is 19.7 Å². The van der Waals surface area contributed by atoms with Gasteiger partial charge >= 0.3 is 11.7 Å². The minimum absolute atomic E-state index is 0.0363. The number of hydrogen-bond donors (Lipinski definition) is 2. The van der Waals surface area contributed by atoms with Crippen molar-refractivity contribution in [2.75, 3.05) is 0 Å². The molecule has 0 aliphatic heterocycles. The molecule has 156 valence electrons. The van der Waals surface area contributed by atoms with E-state index in [0.717, 1.165) is 17.1 Å². The third-order valence-electron chi connectivity index (χ3n) is 4.39. The van der Waals surface area contributed by atoms with Gasteiger partial charge in [0, 0.05) is 18.8 Å². The summed E-state index contributed by atoms with van der Waals surface area (Å²) in [5.74, 6) is -3.80. The van der Waals surface area contributed by atoms with Gasteiger partial charge in [-0.05, 0) is 12.1 Å². The van der Waals surface area contributed by atoms with Crippen LogP contribution in [0.2, 0.25) is 10.0 Å². The van der Waals surface area contributed by atoms with E-state index in [4.69, 9.17) is 27.9 Å². The van der Waals surface area contributed by atoms with Crippen LogP contribution in [-0.2, 0) is 0 Å². The molecular weight excluding hydrogens is 447 g/mol. The Kier molecular flexibility index (Phi) is 4.94. The maximum atomic E-state index is 13.1. The van der Waals surface area contributed by atoms with Crippen LogP contribution in [0.4, 0.5) is 8.78 Å². The summed E-state index contributed by atoms with van der Waals surface area (Å²) in [4.78, 5) is 32.9. The van der Waals surface area contributed by atoms with Crippen molar-refractivity contribution < 1.29 is 18.6 Å². The Labute approximate surface area is 175 Å². The molecule has 13 heteroatoms. The zero-order valence-corrected chi connectivity index (χ0v) is 16.3. The minimum Gasteiger partial charge on any atom is -0.504 e. The highest BCUT2D eigenvalue weighted by molar-refractivity contribution is 6.37. The molecule has 0 radical (unpaired) electrons. The number of aromatic amines is 1. The molecule has 4 rings (SSSR count). The van der Waals surface area contributed by atoms with Crippen LogP contribution in [0, 0.1) is 0 Å². The number of H-pyrrole nitrogens is 1. The number of ether oxygens (including phenoxy) is 1. The predicted molar refractivity (Wildman–Crippen MR) is 101 cm³/mol. The molecular formula is C17H11Cl2F2N5O4. The van der Waals surface area contributed by atoms with Crippen LogP contribution in [0.1, 0.15) is 24.5 Å². The summed E-state index contributed by atoms with van der Waals surface area (Å²) < 4.78 is 32.7. The summed E-state index contributed by atoms with van der Waals surface area (Å²) in [7, 11) is 0. The fourth-order valence-corrected chi connectivity index (χ4v) is 3.52. The number of benzene rings is 1. The number of nitrogens with one attached hydrogen (secondary N) is 1. The Bertz CT molecular complexity index is 1230. The van der Waals surface area contributed by atoms with Crippen LogP contribution in [0.25, 0.3) is 5.69 Å². The fourth-order valence-electron chi connectivity index (χ4n) is 2.97. The van der Waals surface area contributed by atoms with Crippen LogP contribution < -0.4 is 16.0 Å². The van der Waals surface area contributed by atoms with Crippen molar-refractivity contribution in [3.63, 3.8) is 0 Å². The Morgan fingerprint density at radius 2 is 1.87 bits per heavy atom. The molecule has 1 aliphatic rings. The number of hydrogen-bond acceptors (Lipinski definition) is 7. The standard InChI is InChI=1S/C17H11Cl2F2N5O4/c18-9-1-8(26-16(29)24-12(28)6-23-26)2-10(19)14(9)30-15-22-5-11(27)13(25-15)7-3-17(20,21)4-7/h1-2,5-7,27H,3-4H2,(H,24,28,29). The van der Waals surface area contributed by atoms with E-state index >= 15 is 0 Å². The highest BCUT2D eigenvalue weighted by atomic mass is 35.5. The highest BCUT2D eigenvalue weighted by Gasteiger charge is 2.47. The van der Waals surface area contributed by atoms with Crippen molar-refractivity contribution in [2.24, 2.45) is 0 Å². The van der Waals surface area contributed by atoms with Gasteiger partial charge in [0.1, 0.15) is 6.20 Å². The van der Waals surface area contributed by atoms with E-state index in [1.165, 1.54) is 12.1 Å². The first kappa shape index (κ1) is 20.2. The lowest BCUT2D eigenvalue weighted by molar-refractivity contribution is -0.0880. The molecule has 1 aromatic carbocycles. The first-order valence-electron chi connectivity index (χ1n) is 8.42. The second kappa shape index (κ2) is 7.33. The maximum absolute atomic E-state index is 13.1. The molecule has 0 spiro atoms. The largest absolute Gasteiger partial charge is 0.504 e. The summed E-state index contributed by atoms with van der Waals surface area (Å²) in [6.07, 6.45) is 1.07. The van der Waals surface area contributed by atoms with Crippen LogP contribution in [-0.4, -0.2) is 35.8 Å². The molecule has 1 aliphatic carbocycles. The molecule has 1 fully saturated rings. The number of halogens is 4. The lowest BCUT2D eigenvalue weighted by Gasteiger charge is -2.34. The molecule has 0 saturated heterocycles. The molecule has 0 unspecified atom stereocenters. The van der Waals surface area contributed by atoms with Gasteiger partial charge in [0.05, 0.1) is 27.6 Å². The third kappa shape index (κ3) is 3.85. The average Bonchev–Trinajstić information content (AvgIpc) is 2.64. The van der Waals surface area contributed by atoms with Crippen molar-refractivity contribution in [2.45, 2.75) is 24.7 Å². The zero-order valence-electron chi connectivity index (χ0n) is 14.8. The second-order valence-electron chi connectivity index (χ2n) is 6.58. The van der Waals surface area contributed by atoms with Crippen molar-refractivity contribution >= 4 is 23.2 Å². The molecule has 9 nitrogen and oxygen atoms in total. The Balaban J connectivity index is 1.64. The van der Waals surface area contributed by atoms with Crippen LogP contribution in [0.3, 0.4) is 0 Å².